The third-order valence-electron chi connectivity index (χ3n) is 4.34. The quantitative estimate of drug-likeness (QED) is 0.726. The first kappa shape index (κ1) is 20.2. The molecule has 0 aliphatic heterocycles. The van der Waals surface area contributed by atoms with Crippen LogP contribution >= 0.6 is 0 Å². The number of carbonyl (C=O) groups is 2. The number of ether oxygens (including phenoxy) is 1. The van der Waals surface area contributed by atoms with E-state index in [9.17, 15) is 9.59 Å². The van der Waals surface area contributed by atoms with Gasteiger partial charge in [0.15, 0.2) is 6.61 Å². The number of esters is 1. The lowest BCUT2D eigenvalue weighted by atomic mass is 10.1. The van der Waals surface area contributed by atoms with Crippen LogP contribution in [0.15, 0.2) is 36.4 Å². The van der Waals surface area contributed by atoms with Crippen molar-refractivity contribution < 1.29 is 14.3 Å². The van der Waals surface area contributed by atoms with Gasteiger partial charge in [0.25, 0.3) is 5.91 Å². The van der Waals surface area contributed by atoms with Crippen molar-refractivity contribution in [3.8, 4) is 6.07 Å². The van der Waals surface area contributed by atoms with Gasteiger partial charge < -0.3 is 9.64 Å². The summed E-state index contributed by atoms with van der Waals surface area (Å²) in [5.74, 6) is -0.889. The van der Waals surface area contributed by atoms with Crippen LogP contribution in [0.3, 0.4) is 0 Å². The Labute approximate surface area is 160 Å². The number of benzene rings is 2. The first-order valence-electron chi connectivity index (χ1n) is 8.82. The molecule has 0 spiro atoms. The van der Waals surface area contributed by atoms with E-state index >= 15 is 0 Å². The zero-order valence-electron chi connectivity index (χ0n) is 16.2. The van der Waals surface area contributed by atoms with Gasteiger partial charge in [0.1, 0.15) is 0 Å². The third kappa shape index (κ3) is 5.42. The lowest BCUT2D eigenvalue weighted by Gasteiger charge is -2.22. The average Bonchev–Trinajstić information content (AvgIpc) is 2.61. The second kappa shape index (κ2) is 9.00. The number of amides is 1. The number of aryl methyl sites for hydroxylation is 4. The van der Waals surface area contributed by atoms with E-state index in [-0.39, 0.29) is 25.5 Å². The minimum atomic E-state index is -0.535. The fourth-order valence-electron chi connectivity index (χ4n) is 2.82. The minimum Gasteiger partial charge on any atom is -0.452 e. The summed E-state index contributed by atoms with van der Waals surface area (Å²) in [5.41, 5.74) is 5.23. The van der Waals surface area contributed by atoms with Crippen LogP contribution in [0, 0.1) is 39.0 Å². The molecule has 0 radical (unpaired) electrons. The SMILES string of the molecule is Cc1cc(C)cc(N(CCC#N)C(=O)COC(=O)c2ccc(C)c(C)c2)c1. The molecule has 0 bridgehead atoms. The van der Waals surface area contributed by atoms with Gasteiger partial charge in [-0.3, -0.25) is 4.79 Å². The molecule has 1 amide bonds. The second-order valence-corrected chi connectivity index (χ2v) is 6.67. The Hall–Kier alpha value is -3.13. The summed E-state index contributed by atoms with van der Waals surface area (Å²) >= 11 is 0. The van der Waals surface area contributed by atoms with E-state index in [0.29, 0.717) is 11.3 Å². The van der Waals surface area contributed by atoms with Crippen molar-refractivity contribution in [3.05, 3.63) is 64.2 Å². The van der Waals surface area contributed by atoms with Gasteiger partial charge in [0.05, 0.1) is 18.1 Å². The standard InChI is InChI=1S/C22H24N2O3/c1-15-10-16(2)12-20(11-15)24(9-5-8-23)21(25)14-27-22(26)19-7-6-17(3)18(4)13-19/h6-7,10-13H,5,9,14H2,1-4H3. The molecule has 0 unspecified atom stereocenters. The van der Waals surface area contributed by atoms with Crippen molar-refractivity contribution in [3.63, 3.8) is 0 Å². The van der Waals surface area contributed by atoms with Crippen LogP contribution in [-0.4, -0.2) is 25.0 Å². The monoisotopic (exact) mass is 364 g/mol. The Kier molecular flexibility index (Phi) is 6.73. The van der Waals surface area contributed by atoms with Gasteiger partial charge in [-0.25, -0.2) is 4.79 Å². The fourth-order valence-corrected chi connectivity index (χ4v) is 2.82. The van der Waals surface area contributed by atoms with Crippen LogP contribution in [0.1, 0.15) is 39.0 Å². The number of carbonyl (C=O) groups excluding carboxylic acids is 2. The molecule has 0 aliphatic rings. The molecule has 0 atom stereocenters. The Balaban J connectivity index is 2.12. The molecule has 0 aromatic heterocycles. The minimum absolute atomic E-state index is 0.198. The van der Waals surface area contributed by atoms with Gasteiger partial charge in [-0.1, -0.05) is 12.1 Å². The largest absolute Gasteiger partial charge is 0.452 e. The Bertz CT molecular complexity index is 877. The summed E-state index contributed by atoms with van der Waals surface area (Å²) in [7, 11) is 0. The fraction of sp³-hybridized carbons (Fsp3) is 0.318. The predicted molar refractivity (Wildman–Crippen MR) is 105 cm³/mol. The smallest absolute Gasteiger partial charge is 0.338 e. The second-order valence-electron chi connectivity index (χ2n) is 6.67. The van der Waals surface area contributed by atoms with E-state index in [2.05, 4.69) is 6.07 Å². The molecule has 5 nitrogen and oxygen atoms in total. The van der Waals surface area contributed by atoms with Crippen LogP contribution in [0.4, 0.5) is 5.69 Å². The average molecular weight is 364 g/mol. The Morgan fingerprint density at radius 2 is 1.67 bits per heavy atom. The van der Waals surface area contributed by atoms with Gasteiger partial charge in [-0.15, -0.1) is 0 Å². The highest BCUT2D eigenvalue weighted by atomic mass is 16.5. The van der Waals surface area contributed by atoms with Crippen molar-refractivity contribution in [2.45, 2.75) is 34.1 Å². The highest BCUT2D eigenvalue weighted by Gasteiger charge is 2.19. The summed E-state index contributed by atoms with van der Waals surface area (Å²) < 4.78 is 5.21. The Morgan fingerprint density at radius 3 is 2.26 bits per heavy atom. The van der Waals surface area contributed by atoms with Gasteiger partial charge in [0.2, 0.25) is 0 Å². The molecule has 0 saturated carbocycles. The van der Waals surface area contributed by atoms with E-state index in [4.69, 9.17) is 10.00 Å². The van der Waals surface area contributed by atoms with E-state index in [1.165, 1.54) is 4.90 Å². The maximum Gasteiger partial charge on any atom is 0.338 e. The molecule has 140 valence electrons. The molecule has 27 heavy (non-hydrogen) atoms. The normalized spacial score (nSPS) is 10.2. The molecule has 0 aliphatic carbocycles. The number of nitrogens with zero attached hydrogens (tertiary/aromatic N) is 2. The summed E-state index contributed by atoms with van der Waals surface area (Å²) in [6.45, 7) is 7.65. The summed E-state index contributed by atoms with van der Waals surface area (Å²) in [4.78, 5) is 26.4. The molecule has 2 rings (SSSR count). The van der Waals surface area contributed by atoms with Crippen molar-refractivity contribution in [2.24, 2.45) is 0 Å². The predicted octanol–water partition coefficient (Wildman–Crippen LogP) is 4.02. The zero-order chi connectivity index (χ0) is 20.0. The lowest BCUT2D eigenvalue weighted by Crippen LogP contribution is -2.35. The van der Waals surface area contributed by atoms with Crippen molar-refractivity contribution in [2.75, 3.05) is 18.1 Å². The molecule has 0 fully saturated rings. The number of rotatable bonds is 6. The highest BCUT2D eigenvalue weighted by molar-refractivity contribution is 5.97. The lowest BCUT2D eigenvalue weighted by molar-refractivity contribution is -0.121. The molecular formula is C22H24N2O3. The number of nitriles is 1. The van der Waals surface area contributed by atoms with Crippen LogP contribution < -0.4 is 4.90 Å². The molecule has 0 heterocycles. The Morgan fingerprint density at radius 1 is 1.00 bits per heavy atom. The van der Waals surface area contributed by atoms with Gasteiger partial charge in [0, 0.05) is 12.2 Å². The molecule has 2 aromatic carbocycles. The summed E-state index contributed by atoms with van der Waals surface area (Å²) in [5, 5.41) is 8.89. The van der Waals surface area contributed by atoms with Crippen LogP contribution in [-0.2, 0) is 9.53 Å². The number of hydrogen-bond donors (Lipinski definition) is 0. The number of hydrogen-bond acceptors (Lipinski definition) is 4. The first-order valence-corrected chi connectivity index (χ1v) is 8.82. The maximum absolute atomic E-state index is 12.7. The summed E-state index contributed by atoms with van der Waals surface area (Å²) in [6, 6.07) is 13.1. The van der Waals surface area contributed by atoms with Gasteiger partial charge in [-0.2, -0.15) is 5.26 Å². The molecule has 0 saturated heterocycles. The van der Waals surface area contributed by atoms with E-state index in [1.807, 2.05) is 52.0 Å². The van der Waals surface area contributed by atoms with Crippen molar-refractivity contribution in [1.82, 2.24) is 0 Å². The van der Waals surface area contributed by atoms with Crippen LogP contribution in [0.2, 0.25) is 0 Å². The third-order valence-corrected chi connectivity index (χ3v) is 4.34. The van der Waals surface area contributed by atoms with Gasteiger partial charge in [-0.05, 0) is 74.2 Å². The van der Waals surface area contributed by atoms with Crippen molar-refractivity contribution >= 4 is 17.6 Å². The van der Waals surface area contributed by atoms with E-state index in [0.717, 1.165) is 22.3 Å². The maximum atomic E-state index is 12.7. The van der Waals surface area contributed by atoms with Gasteiger partial charge >= 0.3 is 5.97 Å². The molecular weight excluding hydrogens is 340 g/mol. The van der Waals surface area contributed by atoms with Crippen LogP contribution in [0.5, 0.6) is 0 Å². The number of anilines is 1. The summed E-state index contributed by atoms with van der Waals surface area (Å²) in [6.07, 6.45) is 0.198. The molecule has 0 N–H and O–H groups in total. The van der Waals surface area contributed by atoms with Crippen molar-refractivity contribution in [1.29, 1.82) is 5.26 Å². The molecule has 5 heteroatoms. The highest BCUT2D eigenvalue weighted by Crippen LogP contribution is 2.20. The van der Waals surface area contributed by atoms with E-state index in [1.54, 1.807) is 12.1 Å². The topological polar surface area (TPSA) is 70.4 Å². The van der Waals surface area contributed by atoms with Crippen LogP contribution in [0.25, 0.3) is 0 Å². The first-order chi connectivity index (χ1) is 12.8. The molecule has 2 aromatic rings. The zero-order valence-corrected chi connectivity index (χ0v) is 16.2. The van der Waals surface area contributed by atoms with E-state index < -0.39 is 5.97 Å².